The van der Waals surface area contributed by atoms with Gasteiger partial charge in [-0.3, -0.25) is 15.0 Å². The van der Waals surface area contributed by atoms with Crippen molar-refractivity contribution in [2.24, 2.45) is 4.99 Å². The first-order valence-electron chi connectivity index (χ1n) is 11.0. The first-order valence-corrected chi connectivity index (χ1v) is 11.0. The normalized spacial score (nSPS) is 14.7. The van der Waals surface area contributed by atoms with Crippen molar-refractivity contribution in [2.75, 3.05) is 26.7 Å². The molecule has 0 unspecified atom stereocenters. The smallest absolute Gasteiger partial charge is 0.216 e. The van der Waals surface area contributed by atoms with Crippen molar-refractivity contribution < 1.29 is 4.42 Å². The van der Waals surface area contributed by atoms with Crippen molar-refractivity contribution >= 4 is 29.9 Å². The fourth-order valence-electron chi connectivity index (χ4n) is 3.77. The van der Waals surface area contributed by atoms with Crippen LogP contribution in [0.5, 0.6) is 0 Å². The SMILES string of the molecule is CN=C(NCCc1nc(-c2ccco2)n[nH]1)NCc1ccc(CN2CCCCC2)cc1.I. The highest BCUT2D eigenvalue weighted by atomic mass is 127. The summed E-state index contributed by atoms with van der Waals surface area (Å²) in [6.45, 7) is 4.93. The second kappa shape index (κ2) is 12.6. The number of benzene rings is 1. The van der Waals surface area contributed by atoms with Crippen LogP contribution in [-0.4, -0.2) is 52.7 Å². The average molecular weight is 549 g/mol. The number of guanidine groups is 1. The van der Waals surface area contributed by atoms with Crippen LogP contribution >= 0.6 is 24.0 Å². The van der Waals surface area contributed by atoms with E-state index in [1.807, 2.05) is 12.1 Å². The molecule has 1 aliphatic rings. The molecular formula is C23H32IN7O. The van der Waals surface area contributed by atoms with E-state index in [2.05, 4.69) is 60.0 Å². The Bertz CT molecular complexity index is 947. The van der Waals surface area contributed by atoms with E-state index < -0.39 is 0 Å². The lowest BCUT2D eigenvalue weighted by molar-refractivity contribution is 0.221. The molecule has 1 aromatic carbocycles. The molecular weight excluding hydrogens is 517 g/mol. The summed E-state index contributed by atoms with van der Waals surface area (Å²) in [6.07, 6.45) is 6.36. The van der Waals surface area contributed by atoms with E-state index in [0.29, 0.717) is 24.6 Å². The number of aliphatic imine (C=N–C) groups is 1. The highest BCUT2D eigenvalue weighted by Crippen LogP contribution is 2.15. The number of aromatic amines is 1. The molecule has 0 spiro atoms. The Labute approximate surface area is 206 Å². The molecule has 0 bridgehead atoms. The Morgan fingerprint density at radius 1 is 1.09 bits per heavy atom. The van der Waals surface area contributed by atoms with Gasteiger partial charge in [0.05, 0.1) is 6.26 Å². The maximum atomic E-state index is 5.32. The molecule has 1 fully saturated rings. The molecule has 0 aliphatic carbocycles. The number of aromatic nitrogens is 3. The Hall–Kier alpha value is -2.40. The second-order valence-corrected chi connectivity index (χ2v) is 7.84. The number of halogens is 1. The first-order chi connectivity index (χ1) is 15.3. The lowest BCUT2D eigenvalue weighted by atomic mass is 10.1. The van der Waals surface area contributed by atoms with Gasteiger partial charge in [-0.25, -0.2) is 4.98 Å². The topological polar surface area (TPSA) is 94.4 Å². The third kappa shape index (κ3) is 7.06. The van der Waals surface area contributed by atoms with Gasteiger partial charge in [0.15, 0.2) is 11.7 Å². The van der Waals surface area contributed by atoms with Crippen molar-refractivity contribution in [3.8, 4) is 11.6 Å². The number of nitrogens with one attached hydrogen (secondary N) is 3. The number of hydrogen-bond acceptors (Lipinski definition) is 5. The zero-order valence-corrected chi connectivity index (χ0v) is 20.8. The van der Waals surface area contributed by atoms with Gasteiger partial charge < -0.3 is 15.1 Å². The fourth-order valence-corrected chi connectivity index (χ4v) is 3.77. The number of piperidine rings is 1. The van der Waals surface area contributed by atoms with E-state index in [4.69, 9.17) is 4.42 Å². The van der Waals surface area contributed by atoms with Crippen LogP contribution in [0.25, 0.3) is 11.6 Å². The predicted molar refractivity (Wildman–Crippen MR) is 137 cm³/mol. The van der Waals surface area contributed by atoms with Crippen LogP contribution in [0.2, 0.25) is 0 Å². The first kappa shape index (κ1) is 24.2. The largest absolute Gasteiger partial charge is 0.461 e. The highest BCUT2D eigenvalue weighted by Gasteiger charge is 2.10. The number of H-pyrrole nitrogens is 1. The van der Waals surface area contributed by atoms with E-state index >= 15 is 0 Å². The third-order valence-electron chi connectivity index (χ3n) is 5.49. The standard InChI is InChI=1S/C23H31N7O.HI/c1-24-23(25-12-11-21-27-22(29-28-21)20-6-5-15-31-20)26-16-18-7-9-19(10-8-18)17-30-13-3-2-4-14-30;/h5-10,15H,2-4,11-14,16-17H2,1H3,(H2,24,25,26)(H,27,28,29);1H. The third-order valence-corrected chi connectivity index (χ3v) is 5.49. The minimum absolute atomic E-state index is 0. The maximum Gasteiger partial charge on any atom is 0.216 e. The van der Waals surface area contributed by atoms with Crippen molar-refractivity contribution in [3.63, 3.8) is 0 Å². The summed E-state index contributed by atoms with van der Waals surface area (Å²) < 4.78 is 5.32. The van der Waals surface area contributed by atoms with Crippen LogP contribution in [0.15, 0.2) is 52.1 Å². The van der Waals surface area contributed by atoms with Gasteiger partial charge in [0.2, 0.25) is 5.82 Å². The van der Waals surface area contributed by atoms with Crippen LogP contribution in [0.4, 0.5) is 0 Å². The summed E-state index contributed by atoms with van der Waals surface area (Å²) in [5, 5.41) is 13.8. The molecule has 172 valence electrons. The van der Waals surface area contributed by atoms with Crippen molar-refractivity contribution in [1.29, 1.82) is 0 Å². The van der Waals surface area contributed by atoms with Gasteiger partial charge in [-0.05, 0) is 49.2 Å². The van der Waals surface area contributed by atoms with Crippen LogP contribution in [0.3, 0.4) is 0 Å². The summed E-state index contributed by atoms with van der Waals surface area (Å²) in [5.41, 5.74) is 2.62. The molecule has 0 saturated carbocycles. The number of nitrogens with zero attached hydrogens (tertiary/aromatic N) is 4. The zero-order valence-electron chi connectivity index (χ0n) is 18.5. The molecule has 0 radical (unpaired) electrons. The minimum atomic E-state index is 0. The molecule has 9 heteroatoms. The molecule has 3 N–H and O–H groups in total. The molecule has 0 atom stereocenters. The van der Waals surface area contributed by atoms with Crippen molar-refractivity contribution in [2.45, 2.75) is 38.8 Å². The number of hydrogen-bond donors (Lipinski definition) is 3. The summed E-state index contributed by atoms with van der Waals surface area (Å²) in [4.78, 5) is 11.3. The Balaban J connectivity index is 0.00000289. The van der Waals surface area contributed by atoms with Crippen LogP contribution in [-0.2, 0) is 19.5 Å². The summed E-state index contributed by atoms with van der Waals surface area (Å²) >= 11 is 0. The van der Waals surface area contributed by atoms with E-state index in [0.717, 1.165) is 24.9 Å². The van der Waals surface area contributed by atoms with Gasteiger partial charge >= 0.3 is 0 Å². The van der Waals surface area contributed by atoms with Crippen molar-refractivity contribution in [1.82, 2.24) is 30.7 Å². The van der Waals surface area contributed by atoms with E-state index in [-0.39, 0.29) is 24.0 Å². The number of furan rings is 1. The lowest BCUT2D eigenvalue weighted by Crippen LogP contribution is -2.38. The van der Waals surface area contributed by atoms with Gasteiger partial charge in [-0.2, -0.15) is 5.10 Å². The lowest BCUT2D eigenvalue weighted by Gasteiger charge is -2.26. The van der Waals surface area contributed by atoms with Crippen LogP contribution in [0, 0.1) is 0 Å². The molecule has 3 aromatic rings. The maximum absolute atomic E-state index is 5.32. The van der Waals surface area contributed by atoms with E-state index in [1.165, 1.54) is 43.5 Å². The molecule has 2 aromatic heterocycles. The van der Waals surface area contributed by atoms with Gasteiger partial charge in [-0.1, -0.05) is 30.7 Å². The highest BCUT2D eigenvalue weighted by molar-refractivity contribution is 14.0. The minimum Gasteiger partial charge on any atom is -0.461 e. The Morgan fingerprint density at radius 3 is 2.59 bits per heavy atom. The molecule has 3 heterocycles. The van der Waals surface area contributed by atoms with Crippen LogP contribution < -0.4 is 10.6 Å². The quantitative estimate of drug-likeness (QED) is 0.226. The van der Waals surface area contributed by atoms with E-state index in [9.17, 15) is 0 Å². The Kier molecular flexibility index (Phi) is 9.54. The zero-order chi connectivity index (χ0) is 21.3. The van der Waals surface area contributed by atoms with Crippen LogP contribution in [0.1, 0.15) is 36.2 Å². The Morgan fingerprint density at radius 2 is 1.88 bits per heavy atom. The van der Waals surface area contributed by atoms with Gasteiger partial charge in [0, 0.05) is 33.1 Å². The van der Waals surface area contributed by atoms with Gasteiger partial charge in [0.25, 0.3) is 0 Å². The summed E-state index contributed by atoms with van der Waals surface area (Å²) in [7, 11) is 1.78. The second-order valence-electron chi connectivity index (χ2n) is 7.84. The predicted octanol–water partition coefficient (Wildman–Crippen LogP) is 3.58. The molecule has 1 saturated heterocycles. The fraction of sp³-hybridized carbons (Fsp3) is 0.435. The molecule has 1 aliphatic heterocycles. The number of rotatable bonds is 8. The average Bonchev–Trinajstić information content (AvgIpc) is 3.50. The summed E-state index contributed by atoms with van der Waals surface area (Å²) in [6, 6.07) is 12.5. The molecule has 32 heavy (non-hydrogen) atoms. The van der Waals surface area contributed by atoms with E-state index in [1.54, 1.807) is 13.3 Å². The molecule has 4 rings (SSSR count). The van der Waals surface area contributed by atoms with Crippen molar-refractivity contribution in [3.05, 3.63) is 59.6 Å². The molecule has 8 nitrogen and oxygen atoms in total. The molecule has 0 amide bonds. The monoisotopic (exact) mass is 549 g/mol. The van der Waals surface area contributed by atoms with Gasteiger partial charge in [0.1, 0.15) is 5.82 Å². The van der Waals surface area contributed by atoms with Gasteiger partial charge in [-0.15, -0.1) is 24.0 Å². The number of likely N-dealkylation sites (tertiary alicyclic amines) is 1. The summed E-state index contributed by atoms with van der Waals surface area (Å²) in [5.74, 6) is 2.81.